The molecule has 1 nitrogen and oxygen atoms in total. The maximum Gasteiger partial charge on any atom is 0.0210 e. The van der Waals surface area contributed by atoms with E-state index in [1.165, 1.54) is 32.1 Å². The molecule has 1 atom stereocenters. The summed E-state index contributed by atoms with van der Waals surface area (Å²) in [6.45, 7) is 2.35. The van der Waals surface area contributed by atoms with Gasteiger partial charge in [0.05, 0.1) is 0 Å². The molecule has 1 unspecified atom stereocenters. The Kier molecular flexibility index (Phi) is 1.31. The molecule has 0 aromatic heterocycles. The molecule has 2 fully saturated rings. The normalized spacial score (nSPS) is 38.4. The van der Waals surface area contributed by atoms with Gasteiger partial charge in [-0.25, -0.2) is 0 Å². The Morgan fingerprint density at radius 2 is 2.00 bits per heavy atom. The van der Waals surface area contributed by atoms with Crippen LogP contribution in [-0.4, -0.2) is 23.5 Å². The molecule has 58 valence electrons. The Hall–Kier alpha value is -0.0400. The van der Waals surface area contributed by atoms with Gasteiger partial charge in [0.2, 0.25) is 0 Å². The molecule has 1 spiro atoms. The summed E-state index contributed by atoms with van der Waals surface area (Å²) < 4.78 is 0. The Morgan fingerprint density at radius 1 is 1.30 bits per heavy atom. The van der Waals surface area contributed by atoms with E-state index in [-0.39, 0.29) is 0 Å². The van der Waals surface area contributed by atoms with E-state index in [2.05, 4.69) is 18.9 Å². The second-order valence-electron chi connectivity index (χ2n) is 4.08. The SMILES string of the molecule is CC1CCC2(CCC2)N1C. The number of hydrogen-bond acceptors (Lipinski definition) is 1. The van der Waals surface area contributed by atoms with Crippen LogP contribution in [0.25, 0.3) is 0 Å². The van der Waals surface area contributed by atoms with Crippen molar-refractivity contribution in [2.45, 2.75) is 50.6 Å². The third-order valence-corrected chi connectivity index (χ3v) is 3.72. The topological polar surface area (TPSA) is 3.24 Å². The molecule has 10 heavy (non-hydrogen) atoms. The zero-order chi connectivity index (χ0) is 7.19. The van der Waals surface area contributed by atoms with Gasteiger partial charge in [-0.1, -0.05) is 0 Å². The maximum atomic E-state index is 2.61. The molecule has 0 aromatic carbocycles. The molecule has 0 N–H and O–H groups in total. The van der Waals surface area contributed by atoms with Gasteiger partial charge in [0.25, 0.3) is 0 Å². The van der Waals surface area contributed by atoms with Gasteiger partial charge in [-0.05, 0) is 46.1 Å². The molecule has 0 bridgehead atoms. The third-order valence-electron chi connectivity index (χ3n) is 3.72. The van der Waals surface area contributed by atoms with Crippen molar-refractivity contribution >= 4 is 0 Å². The number of hydrogen-bond donors (Lipinski definition) is 0. The average molecular weight is 139 g/mol. The van der Waals surface area contributed by atoms with Crippen molar-refractivity contribution in [2.75, 3.05) is 7.05 Å². The quantitative estimate of drug-likeness (QED) is 0.496. The fourth-order valence-electron chi connectivity index (χ4n) is 2.50. The highest BCUT2D eigenvalue weighted by Crippen LogP contribution is 2.46. The monoisotopic (exact) mass is 139 g/mol. The number of rotatable bonds is 0. The van der Waals surface area contributed by atoms with E-state index in [4.69, 9.17) is 0 Å². The zero-order valence-electron chi connectivity index (χ0n) is 7.06. The van der Waals surface area contributed by atoms with Crippen molar-refractivity contribution < 1.29 is 0 Å². The lowest BCUT2D eigenvalue weighted by Gasteiger charge is -2.45. The molecule has 1 aliphatic heterocycles. The predicted molar refractivity (Wildman–Crippen MR) is 43.0 cm³/mol. The fraction of sp³-hybridized carbons (Fsp3) is 1.00. The van der Waals surface area contributed by atoms with Gasteiger partial charge in [0.1, 0.15) is 0 Å². The highest BCUT2D eigenvalue weighted by molar-refractivity contribution is 5.02. The van der Waals surface area contributed by atoms with Crippen LogP contribution in [0.4, 0.5) is 0 Å². The van der Waals surface area contributed by atoms with Crippen LogP contribution in [0.5, 0.6) is 0 Å². The van der Waals surface area contributed by atoms with Crippen molar-refractivity contribution in [2.24, 2.45) is 0 Å². The Morgan fingerprint density at radius 3 is 2.20 bits per heavy atom. The van der Waals surface area contributed by atoms with E-state index >= 15 is 0 Å². The van der Waals surface area contributed by atoms with Crippen LogP contribution in [-0.2, 0) is 0 Å². The summed E-state index contributed by atoms with van der Waals surface area (Å²) in [5.41, 5.74) is 0.680. The largest absolute Gasteiger partial charge is 0.298 e. The first-order valence-electron chi connectivity index (χ1n) is 4.48. The maximum absolute atomic E-state index is 2.61. The molecule has 0 aromatic rings. The molecule has 0 amide bonds. The van der Waals surface area contributed by atoms with Crippen molar-refractivity contribution in [3.05, 3.63) is 0 Å². The Balaban J connectivity index is 2.10. The van der Waals surface area contributed by atoms with E-state index in [0.29, 0.717) is 5.54 Å². The number of likely N-dealkylation sites (tertiary alicyclic amines) is 1. The average Bonchev–Trinajstić information content (AvgIpc) is 2.10. The van der Waals surface area contributed by atoms with Gasteiger partial charge in [0, 0.05) is 11.6 Å². The van der Waals surface area contributed by atoms with Crippen LogP contribution in [0.2, 0.25) is 0 Å². The van der Waals surface area contributed by atoms with Gasteiger partial charge >= 0.3 is 0 Å². The molecule has 1 heterocycles. The predicted octanol–water partition coefficient (Wildman–Crippen LogP) is 2.02. The summed E-state index contributed by atoms with van der Waals surface area (Å²) in [5, 5.41) is 0. The molecule has 1 saturated heterocycles. The van der Waals surface area contributed by atoms with Crippen molar-refractivity contribution in [1.29, 1.82) is 0 Å². The summed E-state index contributed by atoms with van der Waals surface area (Å²) in [4.78, 5) is 2.61. The third kappa shape index (κ3) is 0.672. The molecule has 1 saturated carbocycles. The molecule has 1 heteroatoms. The lowest BCUT2D eigenvalue weighted by atomic mass is 9.75. The minimum Gasteiger partial charge on any atom is -0.298 e. The fourth-order valence-corrected chi connectivity index (χ4v) is 2.50. The summed E-state index contributed by atoms with van der Waals surface area (Å²) in [7, 11) is 2.30. The zero-order valence-corrected chi connectivity index (χ0v) is 7.06. The van der Waals surface area contributed by atoms with E-state index in [1.54, 1.807) is 0 Å². The van der Waals surface area contributed by atoms with Gasteiger partial charge < -0.3 is 0 Å². The van der Waals surface area contributed by atoms with Crippen LogP contribution in [0.15, 0.2) is 0 Å². The molecular formula is C9H17N. The first-order valence-corrected chi connectivity index (χ1v) is 4.48. The Labute approximate surface area is 63.4 Å². The summed E-state index contributed by atoms with van der Waals surface area (Å²) in [6.07, 6.45) is 7.29. The van der Waals surface area contributed by atoms with Crippen molar-refractivity contribution in [3.63, 3.8) is 0 Å². The van der Waals surface area contributed by atoms with Gasteiger partial charge in [-0.15, -0.1) is 0 Å². The van der Waals surface area contributed by atoms with Crippen molar-refractivity contribution in [1.82, 2.24) is 4.90 Å². The summed E-state index contributed by atoms with van der Waals surface area (Å²) >= 11 is 0. The van der Waals surface area contributed by atoms with Crippen molar-refractivity contribution in [3.8, 4) is 0 Å². The highest BCUT2D eigenvalue weighted by Gasteiger charge is 2.46. The first-order chi connectivity index (χ1) is 4.75. The molecule has 2 aliphatic rings. The van der Waals surface area contributed by atoms with Crippen LogP contribution >= 0.6 is 0 Å². The standard InChI is InChI=1S/C9H17N/c1-8-4-7-9(10(8)2)5-3-6-9/h8H,3-7H2,1-2H3. The van der Waals surface area contributed by atoms with E-state index in [9.17, 15) is 0 Å². The number of nitrogens with zero attached hydrogens (tertiary/aromatic N) is 1. The van der Waals surface area contributed by atoms with E-state index in [0.717, 1.165) is 6.04 Å². The molecular weight excluding hydrogens is 122 g/mol. The van der Waals surface area contributed by atoms with Crippen LogP contribution in [0, 0.1) is 0 Å². The molecule has 1 aliphatic carbocycles. The van der Waals surface area contributed by atoms with Crippen LogP contribution < -0.4 is 0 Å². The lowest BCUT2D eigenvalue weighted by Crippen LogP contribution is -2.49. The minimum atomic E-state index is 0.680. The second kappa shape index (κ2) is 1.97. The molecule has 2 rings (SSSR count). The van der Waals surface area contributed by atoms with Gasteiger partial charge in [-0.2, -0.15) is 0 Å². The summed E-state index contributed by atoms with van der Waals surface area (Å²) in [6, 6.07) is 0.847. The highest BCUT2D eigenvalue weighted by atomic mass is 15.2. The second-order valence-corrected chi connectivity index (χ2v) is 4.08. The first kappa shape index (κ1) is 6.66. The smallest absolute Gasteiger partial charge is 0.0210 e. The van der Waals surface area contributed by atoms with E-state index in [1.807, 2.05) is 0 Å². The van der Waals surface area contributed by atoms with Gasteiger partial charge in [-0.3, -0.25) is 4.90 Å². The van der Waals surface area contributed by atoms with Gasteiger partial charge in [0.15, 0.2) is 0 Å². The lowest BCUT2D eigenvalue weighted by molar-refractivity contribution is 0.0595. The van der Waals surface area contributed by atoms with Crippen LogP contribution in [0.3, 0.4) is 0 Å². The summed E-state index contributed by atoms with van der Waals surface area (Å²) in [5.74, 6) is 0. The van der Waals surface area contributed by atoms with E-state index < -0.39 is 0 Å². The Bertz CT molecular complexity index is 138. The molecule has 0 radical (unpaired) electrons. The van der Waals surface area contributed by atoms with Crippen LogP contribution in [0.1, 0.15) is 39.0 Å². The minimum absolute atomic E-state index is 0.680.